The van der Waals surface area contributed by atoms with Crippen LogP contribution in [-0.4, -0.2) is 113 Å². The van der Waals surface area contributed by atoms with Gasteiger partial charge >= 0.3 is 42.2 Å². The Hall–Kier alpha value is -7.61. The van der Waals surface area contributed by atoms with Crippen LogP contribution in [0.2, 0.25) is 0 Å². The predicted octanol–water partition coefficient (Wildman–Crippen LogP) is 6.64. The molecule has 0 spiro atoms. The van der Waals surface area contributed by atoms with Crippen molar-refractivity contribution in [2.24, 2.45) is 0 Å². The first-order chi connectivity index (χ1) is 32.5. The van der Waals surface area contributed by atoms with Crippen LogP contribution in [0.25, 0.3) is 0 Å². The lowest BCUT2D eigenvalue weighted by Gasteiger charge is -2.17. The number of ether oxygens (including phenoxy) is 12. The quantitative estimate of drug-likeness (QED) is 0.0213. The number of methoxy groups -OCH3 is 1. The van der Waals surface area contributed by atoms with Crippen LogP contribution in [0.1, 0.15) is 67.1 Å². The summed E-state index contributed by atoms with van der Waals surface area (Å²) in [5.41, 5.74) is 0.676. The van der Waals surface area contributed by atoms with Gasteiger partial charge in [-0.25, -0.2) is 33.6 Å². The van der Waals surface area contributed by atoms with Gasteiger partial charge in [0.05, 0.1) is 55.3 Å². The van der Waals surface area contributed by atoms with E-state index in [0.717, 1.165) is 12.5 Å². The molecule has 6 rings (SSSR count). The Morgan fingerprint density at radius 3 is 1.16 bits per heavy atom. The van der Waals surface area contributed by atoms with E-state index in [1.54, 1.807) is 7.11 Å². The average Bonchev–Trinajstić information content (AvgIpc) is 3.93. The first-order valence-electron chi connectivity index (χ1n) is 21.0. The summed E-state index contributed by atoms with van der Waals surface area (Å²) in [6.07, 6.45) is -1.47. The highest BCUT2D eigenvalue weighted by molar-refractivity contribution is 5.93. The van der Waals surface area contributed by atoms with Crippen molar-refractivity contribution in [3.63, 3.8) is 0 Å². The standard InChI is InChI=1S/C48H46O19/c1-3-40(49)57-25-6-7-27-59-48(55)65-37-22-14-31(15-23-37)44(51)63-35-18-10-33(11-19-35)46(53)67-39-29-61-41-38(28-60-42(39)41)66-45(52)32-8-16-34(17-9-32)62-43(50)30-12-20-36(21-13-30)64-47(54)58-26-5-4-24-56-2/h3,8-23,38-39,41-42H,1,4-7,24-29H2,2H3/t38-,39+,41?,42?/m0/s1. The minimum absolute atomic E-state index is 0.00766. The zero-order valence-electron chi connectivity index (χ0n) is 36.2. The summed E-state index contributed by atoms with van der Waals surface area (Å²) in [6.45, 7) is 4.25. The fourth-order valence-corrected chi connectivity index (χ4v) is 6.36. The Kier molecular flexibility index (Phi) is 17.9. The maximum atomic E-state index is 13.1. The van der Waals surface area contributed by atoms with Crippen molar-refractivity contribution in [2.75, 3.05) is 46.8 Å². The molecule has 0 N–H and O–H groups in total. The molecule has 19 nitrogen and oxygen atoms in total. The summed E-state index contributed by atoms with van der Waals surface area (Å²) in [5, 5.41) is 0. The van der Waals surface area contributed by atoms with Crippen LogP contribution in [-0.2, 0) is 42.7 Å². The van der Waals surface area contributed by atoms with E-state index in [1.807, 2.05) is 0 Å². The zero-order chi connectivity index (χ0) is 47.5. The highest BCUT2D eigenvalue weighted by Gasteiger charge is 2.51. The van der Waals surface area contributed by atoms with Gasteiger partial charge in [0, 0.05) is 19.8 Å². The molecular weight excluding hydrogens is 881 g/mol. The molecular formula is C48H46O19. The number of rotatable bonds is 21. The zero-order valence-corrected chi connectivity index (χ0v) is 36.2. The van der Waals surface area contributed by atoms with Crippen molar-refractivity contribution >= 4 is 42.2 Å². The Balaban J connectivity index is 0.888. The highest BCUT2D eigenvalue weighted by Crippen LogP contribution is 2.32. The van der Waals surface area contributed by atoms with E-state index in [1.165, 1.54) is 97.1 Å². The van der Waals surface area contributed by atoms with Crippen molar-refractivity contribution in [1.29, 1.82) is 0 Å². The lowest BCUT2D eigenvalue weighted by Crippen LogP contribution is -2.36. The second-order valence-electron chi connectivity index (χ2n) is 14.5. The van der Waals surface area contributed by atoms with Crippen molar-refractivity contribution in [2.45, 2.75) is 50.1 Å². The summed E-state index contributed by atoms with van der Waals surface area (Å²) in [5.74, 6) is -2.67. The number of hydrogen-bond donors (Lipinski definition) is 0. The smallest absolute Gasteiger partial charge is 0.463 e. The number of fused-ring (bicyclic) bond motifs is 1. The summed E-state index contributed by atoms with van der Waals surface area (Å²) in [6, 6.07) is 22.7. The molecule has 2 saturated heterocycles. The fourth-order valence-electron chi connectivity index (χ4n) is 6.36. The number of esters is 5. The highest BCUT2D eigenvalue weighted by atomic mass is 16.7. The number of hydrogen-bond acceptors (Lipinski definition) is 19. The molecule has 0 amide bonds. The second-order valence-corrected chi connectivity index (χ2v) is 14.5. The first-order valence-corrected chi connectivity index (χ1v) is 21.0. The fraction of sp³-hybridized carbons (Fsp3) is 0.312. The number of unbranched alkanes of at least 4 members (excludes halogenated alkanes) is 2. The molecule has 2 aliphatic rings. The number of carbonyl (C=O) groups is 7. The molecule has 0 aromatic heterocycles. The predicted molar refractivity (Wildman–Crippen MR) is 229 cm³/mol. The van der Waals surface area contributed by atoms with Gasteiger partial charge in [0.25, 0.3) is 0 Å². The molecule has 0 saturated carbocycles. The molecule has 0 radical (unpaired) electrons. The molecule has 2 heterocycles. The third-order valence-electron chi connectivity index (χ3n) is 9.80. The van der Waals surface area contributed by atoms with E-state index in [4.69, 9.17) is 56.8 Å². The van der Waals surface area contributed by atoms with Gasteiger partial charge in [-0.05, 0) is 123 Å². The Labute approximate surface area is 383 Å². The Morgan fingerprint density at radius 2 is 0.806 bits per heavy atom. The topological polar surface area (TPSA) is 230 Å². The van der Waals surface area contributed by atoms with Gasteiger partial charge < -0.3 is 56.8 Å². The molecule has 0 aliphatic carbocycles. The van der Waals surface area contributed by atoms with Crippen LogP contribution in [0.5, 0.6) is 23.0 Å². The molecule has 0 bridgehead atoms. The maximum Gasteiger partial charge on any atom is 0.513 e. The summed E-state index contributed by atoms with van der Waals surface area (Å²) in [4.78, 5) is 86.4. The molecule has 67 heavy (non-hydrogen) atoms. The van der Waals surface area contributed by atoms with E-state index >= 15 is 0 Å². The van der Waals surface area contributed by atoms with E-state index < -0.39 is 66.6 Å². The third-order valence-corrected chi connectivity index (χ3v) is 9.80. The van der Waals surface area contributed by atoms with Gasteiger partial charge in [-0.2, -0.15) is 0 Å². The largest absolute Gasteiger partial charge is 0.513 e. The first kappa shape index (κ1) is 48.8. The third kappa shape index (κ3) is 14.7. The van der Waals surface area contributed by atoms with Gasteiger partial charge in [-0.15, -0.1) is 0 Å². The summed E-state index contributed by atoms with van der Waals surface area (Å²) >= 11 is 0. The van der Waals surface area contributed by atoms with Gasteiger partial charge in [0.1, 0.15) is 35.2 Å². The Morgan fingerprint density at radius 1 is 0.478 bits per heavy atom. The molecule has 4 aromatic rings. The summed E-state index contributed by atoms with van der Waals surface area (Å²) < 4.78 is 63.8. The molecule has 2 fully saturated rings. The van der Waals surface area contributed by atoms with Crippen LogP contribution in [0.4, 0.5) is 9.59 Å². The van der Waals surface area contributed by atoms with Crippen molar-refractivity contribution < 1.29 is 90.4 Å². The van der Waals surface area contributed by atoms with Gasteiger partial charge in [-0.1, -0.05) is 6.58 Å². The molecule has 2 unspecified atom stereocenters. The molecule has 2 aliphatic heterocycles. The van der Waals surface area contributed by atoms with Gasteiger partial charge in [-0.3, -0.25) is 0 Å². The molecule has 4 atom stereocenters. The van der Waals surface area contributed by atoms with E-state index in [9.17, 15) is 33.6 Å². The van der Waals surface area contributed by atoms with Crippen molar-refractivity contribution in [3.8, 4) is 23.0 Å². The van der Waals surface area contributed by atoms with Crippen LogP contribution in [0.15, 0.2) is 110 Å². The molecule has 4 aromatic carbocycles. The van der Waals surface area contributed by atoms with E-state index in [0.29, 0.717) is 25.9 Å². The maximum absolute atomic E-state index is 13.1. The lowest BCUT2D eigenvalue weighted by atomic mass is 10.1. The molecule has 19 heteroatoms. The van der Waals surface area contributed by atoms with Gasteiger partial charge in [0.15, 0.2) is 12.2 Å². The second kappa shape index (κ2) is 24.6. The van der Waals surface area contributed by atoms with Crippen LogP contribution >= 0.6 is 0 Å². The van der Waals surface area contributed by atoms with E-state index in [2.05, 4.69) is 6.58 Å². The normalized spacial score (nSPS) is 16.9. The minimum atomic E-state index is -0.941. The SMILES string of the molecule is C=CC(=O)OCCCCOC(=O)Oc1ccc(C(=O)Oc2ccc(C(=O)O[C@@H]3COC4C3OC[C@@H]4OC(=O)c3ccc(OC(=O)c4ccc(OC(=O)OCCCCOC)cc4)cc3)cc2)cc1. The van der Waals surface area contributed by atoms with Gasteiger partial charge in [0.2, 0.25) is 0 Å². The van der Waals surface area contributed by atoms with Crippen molar-refractivity contribution in [3.05, 3.63) is 132 Å². The van der Waals surface area contributed by atoms with E-state index in [-0.39, 0.29) is 78.3 Å². The minimum Gasteiger partial charge on any atom is -0.463 e. The summed E-state index contributed by atoms with van der Waals surface area (Å²) in [7, 11) is 1.59. The lowest BCUT2D eigenvalue weighted by molar-refractivity contribution is -0.137. The molecule has 352 valence electrons. The number of carbonyl (C=O) groups excluding carboxylic acids is 7. The average molecular weight is 927 g/mol. The van der Waals surface area contributed by atoms with Crippen LogP contribution in [0, 0.1) is 0 Å². The van der Waals surface area contributed by atoms with Crippen LogP contribution < -0.4 is 18.9 Å². The van der Waals surface area contributed by atoms with Crippen molar-refractivity contribution in [1.82, 2.24) is 0 Å². The van der Waals surface area contributed by atoms with Crippen LogP contribution in [0.3, 0.4) is 0 Å². The number of benzene rings is 4. The Bertz CT molecular complexity index is 2340. The monoisotopic (exact) mass is 926 g/mol.